The maximum absolute atomic E-state index is 12.4. The van der Waals surface area contributed by atoms with Gasteiger partial charge in [-0.15, -0.1) is 0 Å². The molecule has 0 radical (unpaired) electrons. The lowest BCUT2D eigenvalue weighted by atomic mass is 10.1. The monoisotopic (exact) mass is 326 g/mol. The van der Waals surface area contributed by atoms with E-state index < -0.39 is 17.9 Å². The fraction of sp³-hybridized carbons (Fsp3) is 0.467. The molecule has 0 bridgehead atoms. The van der Waals surface area contributed by atoms with Gasteiger partial charge in [0, 0.05) is 11.6 Å². The lowest BCUT2D eigenvalue weighted by molar-refractivity contribution is -0.141. The number of carboxylic acid groups (broad SMARTS) is 1. The van der Waals surface area contributed by atoms with Crippen LogP contribution in [0.1, 0.15) is 13.3 Å². The van der Waals surface area contributed by atoms with Crippen molar-refractivity contribution in [3.8, 4) is 5.75 Å². The molecule has 0 aliphatic carbocycles. The maximum Gasteiger partial charge on any atom is 0.307 e. The first-order chi connectivity index (χ1) is 10.4. The zero-order chi connectivity index (χ0) is 16.3. The Morgan fingerprint density at radius 2 is 2.23 bits per heavy atom. The second-order valence-corrected chi connectivity index (χ2v) is 5.77. The second-order valence-electron chi connectivity index (χ2n) is 5.33. The van der Waals surface area contributed by atoms with Crippen LogP contribution in [-0.4, -0.2) is 48.1 Å². The van der Waals surface area contributed by atoms with Gasteiger partial charge in [-0.25, -0.2) is 0 Å². The Kier molecular flexibility index (Phi) is 5.26. The van der Waals surface area contributed by atoms with Gasteiger partial charge in [-0.1, -0.05) is 11.6 Å². The molecule has 0 spiro atoms. The van der Waals surface area contributed by atoms with Crippen LogP contribution in [0.25, 0.3) is 0 Å². The number of aliphatic carboxylic acids is 1. The standard InChI is InChI=1S/C15H19ClN2O4/c1-9(18-6-5-10(8-18)15(20)21)14(19)17-12-7-11(16)3-4-13(12)22-2/h3-4,7,9-10H,5-6,8H2,1-2H3,(H,17,19)(H,20,21). The molecule has 1 amide bonds. The number of likely N-dealkylation sites (tertiary alicyclic amines) is 1. The molecule has 120 valence electrons. The van der Waals surface area contributed by atoms with Crippen LogP contribution in [0.2, 0.25) is 5.02 Å². The van der Waals surface area contributed by atoms with E-state index in [1.807, 2.05) is 4.90 Å². The number of ether oxygens (including phenoxy) is 1. The third-order valence-electron chi connectivity index (χ3n) is 3.92. The van der Waals surface area contributed by atoms with Gasteiger partial charge in [-0.05, 0) is 38.1 Å². The summed E-state index contributed by atoms with van der Waals surface area (Å²) in [6.07, 6.45) is 0.563. The third-order valence-corrected chi connectivity index (χ3v) is 4.15. The Bertz CT molecular complexity index is 579. The summed E-state index contributed by atoms with van der Waals surface area (Å²) >= 11 is 5.94. The Morgan fingerprint density at radius 3 is 2.82 bits per heavy atom. The van der Waals surface area contributed by atoms with E-state index in [1.165, 1.54) is 7.11 Å². The Labute approximate surface area is 134 Å². The largest absolute Gasteiger partial charge is 0.495 e. The minimum Gasteiger partial charge on any atom is -0.495 e. The molecule has 1 aromatic rings. The van der Waals surface area contributed by atoms with Gasteiger partial charge in [0.2, 0.25) is 5.91 Å². The number of carboxylic acids is 1. The van der Waals surface area contributed by atoms with Crippen molar-refractivity contribution in [2.24, 2.45) is 5.92 Å². The molecule has 2 unspecified atom stereocenters. The number of methoxy groups -OCH3 is 1. The van der Waals surface area contributed by atoms with E-state index in [0.717, 1.165) is 0 Å². The van der Waals surface area contributed by atoms with Gasteiger partial charge < -0.3 is 15.2 Å². The van der Waals surface area contributed by atoms with Gasteiger partial charge in [0.15, 0.2) is 0 Å². The highest BCUT2D eigenvalue weighted by Crippen LogP contribution is 2.28. The molecular formula is C15H19ClN2O4. The number of hydrogen-bond donors (Lipinski definition) is 2. The highest BCUT2D eigenvalue weighted by Gasteiger charge is 2.33. The first-order valence-corrected chi connectivity index (χ1v) is 7.41. The first-order valence-electron chi connectivity index (χ1n) is 7.03. The molecule has 2 N–H and O–H groups in total. The highest BCUT2D eigenvalue weighted by molar-refractivity contribution is 6.31. The number of anilines is 1. The summed E-state index contributed by atoms with van der Waals surface area (Å²) < 4.78 is 5.19. The number of rotatable bonds is 5. The number of benzene rings is 1. The Morgan fingerprint density at radius 1 is 1.50 bits per heavy atom. The van der Waals surface area contributed by atoms with Crippen molar-refractivity contribution in [3.05, 3.63) is 23.2 Å². The van der Waals surface area contributed by atoms with E-state index >= 15 is 0 Å². The SMILES string of the molecule is COc1ccc(Cl)cc1NC(=O)C(C)N1CCC(C(=O)O)C1. The molecule has 0 saturated carbocycles. The minimum absolute atomic E-state index is 0.216. The molecule has 1 saturated heterocycles. The maximum atomic E-state index is 12.4. The van der Waals surface area contributed by atoms with E-state index in [4.69, 9.17) is 21.4 Å². The molecule has 2 atom stereocenters. The highest BCUT2D eigenvalue weighted by atomic mass is 35.5. The number of carbonyl (C=O) groups excluding carboxylic acids is 1. The molecule has 1 fully saturated rings. The number of carbonyl (C=O) groups is 2. The van der Waals surface area contributed by atoms with Crippen LogP contribution in [0.3, 0.4) is 0 Å². The average molecular weight is 327 g/mol. The van der Waals surface area contributed by atoms with E-state index in [-0.39, 0.29) is 5.91 Å². The predicted molar refractivity (Wildman–Crippen MR) is 83.4 cm³/mol. The molecule has 2 rings (SSSR count). The van der Waals surface area contributed by atoms with E-state index in [9.17, 15) is 9.59 Å². The van der Waals surface area contributed by atoms with Crippen LogP contribution < -0.4 is 10.1 Å². The predicted octanol–water partition coefficient (Wildman–Crippen LogP) is 2.08. The molecule has 22 heavy (non-hydrogen) atoms. The Hall–Kier alpha value is -1.79. The van der Waals surface area contributed by atoms with Crippen LogP contribution in [0, 0.1) is 5.92 Å². The van der Waals surface area contributed by atoms with Crippen LogP contribution in [0.5, 0.6) is 5.75 Å². The van der Waals surface area contributed by atoms with Gasteiger partial charge in [-0.2, -0.15) is 0 Å². The molecular weight excluding hydrogens is 308 g/mol. The smallest absolute Gasteiger partial charge is 0.307 e. The molecule has 1 aliphatic rings. The van der Waals surface area contributed by atoms with Crippen molar-refractivity contribution in [1.82, 2.24) is 4.90 Å². The zero-order valence-corrected chi connectivity index (χ0v) is 13.3. The van der Waals surface area contributed by atoms with Gasteiger partial charge in [0.05, 0.1) is 24.8 Å². The summed E-state index contributed by atoms with van der Waals surface area (Å²) in [6.45, 7) is 2.74. The molecule has 1 aromatic carbocycles. The molecule has 0 aromatic heterocycles. The summed E-state index contributed by atoms with van der Waals surface area (Å²) in [5.74, 6) is -0.913. The normalized spacial score (nSPS) is 19.7. The van der Waals surface area contributed by atoms with Crippen LogP contribution in [0.15, 0.2) is 18.2 Å². The molecule has 6 nitrogen and oxygen atoms in total. The summed E-state index contributed by atoms with van der Waals surface area (Å²) in [6, 6.07) is 4.55. The fourth-order valence-electron chi connectivity index (χ4n) is 2.52. The van der Waals surface area contributed by atoms with Crippen molar-refractivity contribution < 1.29 is 19.4 Å². The summed E-state index contributed by atoms with van der Waals surface area (Å²) in [5.41, 5.74) is 0.501. The van der Waals surface area contributed by atoms with E-state index in [0.29, 0.717) is 36.0 Å². The average Bonchev–Trinajstić information content (AvgIpc) is 2.96. The van der Waals surface area contributed by atoms with Crippen LogP contribution in [-0.2, 0) is 9.59 Å². The summed E-state index contributed by atoms with van der Waals surface area (Å²) in [4.78, 5) is 25.2. The second kappa shape index (κ2) is 6.98. The minimum atomic E-state index is -0.813. The van der Waals surface area contributed by atoms with Gasteiger partial charge in [0.25, 0.3) is 0 Å². The van der Waals surface area contributed by atoms with Gasteiger partial charge in [-0.3, -0.25) is 14.5 Å². The van der Waals surface area contributed by atoms with Crippen molar-refractivity contribution in [2.45, 2.75) is 19.4 Å². The molecule has 7 heteroatoms. The zero-order valence-electron chi connectivity index (χ0n) is 12.5. The van der Waals surface area contributed by atoms with Crippen molar-refractivity contribution >= 4 is 29.2 Å². The van der Waals surface area contributed by atoms with Gasteiger partial charge >= 0.3 is 5.97 Å². The lowest BCUT2D eigenvalue weighted by Crippen LogP contribution is -2.41. The number of hydrogen-bond acceptors (Lipinski definition) is 4. The van der Waals surface area contributed by atoms with Crippen molar-refractivity contribution in [1.29, 1.82) is 0 Å². The van der Waals surface area contributed by atoms with Gasteiger partial charge in [0.1, 0.15) is 5.75 Å². The lowest BCUT2D eigenvalue weighted by Gasteiger charge is -2.23. The van der Waals surface area contributed by atoms with E-state index in [2.05, 4.69) is 5.32 Å². The fourth-order valence-corrected chi connectivity index (χ4v) is 2.69. The van der Waals surface area contributed by atoms with Crippen LogP contribution in [0.4, 0.5) is 5.69 Å². The number of halogens is 1. The molecule has 1 aliphatic heterocycles. The number of nitrogens with zero attached hydrogens (tertiary/aromatic N) is 1. The number of nitrogens with one attached hydrogen (secondary N) is 1. The van der Waals surface area contributed by atoms with E-state index in [1.54, 1.807) is 25.1 Å². The topological polar surface area (TPSA) is 78.9 Å². The van der Waals surface area contributed by atoms with Crippen molar-refractivity contribution in [3.63, 3.8) is 0 Å². The summed E-state index contributed by atoms with van der Waals surface area (Å²) in [5, 5.41) is 12.3. The number of amides is 1. The quantitative estimate of drug-likeness (QED) is 0.866. The first kappa shape index (κ1) is 16.6. The Balaban J connectivity index is 2.03. The summed E-state index contributed by atoms with van der Waals surface area (Å²) in [7, 11) is 1.51. The third kappa shape index (κ3) is 3.69. The molecule has 1 heterocycles. The van der Waals surface area contributed by atoms with Crippen LogP contribution >= 0.6 is 11.6 Å². The van der Waals surface area contributed by atoms with Crippen molar-refractivity contribution in [2.75, 3.05) is 25.5 Å².